The van der Waals surface area contributed by atoms with Gasteiger partial charge >= 0.3 is 5.97 Å². The first-order chi connectivity index (χ1) is 6.83. The lowest BCUT2D eigenvalue weighted by Gasteiger charge is -2.01. The Kier molecular flexibility index (Phi) is 3.13. The molecule has 0 spiro atoms. The van der Waals surface area contributed by atoms with Crippen molar-refractivity contribution in [3.63, 3.8) is 0 Å². The third-order valence-corrected chi connectivity index (χ3v) is 2.61. The van der Waals surface area contributed by atoms with Crippen LogP contribution in [0.25, 0.3) is 0 Å². The molecule has 0 atom stereocenters. The number of carboxylic acid groups (broad SMARTS) is 1. The van der Waals surface area contributed by atoms with Gasteiger partial charge in [-0.15, -0.1) is 0 Å². The molecule has 1 N–H and O–H groups in total. The molecule has 0 aliphatic heterocycles. The largest absolute Gasteiger partial charge is 0.476 e. The molecule has 0 radical (unpaired) electrons. The van der Waals surface area contributed by atoms with Gasteiger partial charge in [-0.05, 0) is 13.0 Å². The van der Waals surface area contributed by atoms with Gasteiger partial charge in [0.05, 0.1) is 11.4 Å². The minimum Gasteiger partial charge on any atom is -0.476 e. The molecular formula is C8H12N2O4S. The molecule has 0 bridgehead atoms. The Morgan fingerprint density at radius 1 is 1.60 bits per heavy atom. The number of carboxylic acids is 1. The molecule has 1 heterocycles. The number of aromatic carboxylic acids is 1. The summed E-state index contributed by atoms with van der Waals surface area (Å²) < 4.78 is 23.5. The van der Waals surface area contributed by atoms with E-state index < -0.39 is 15.8 Å². The third kappa shape index (κ3) is 3.05. The number of hydrogen-bond acceptors (Lipinski definition) is 4. The Balaban J connectivity index is 3.11. The molecule has 0 saturated heterocycles. The molecule has 0 amide bonds. The van der Waals surface area contributed by atoms with Crippen molar-refractivity contribution in [2.75, 3.05) is 6.26 Å². The molecule has 6 nitrogen and oxygen atoms in total. The van der Waals surface area contributed by atoms with Gasteiger partial charge in [-0.25, -0.2) is 13.2 Å². The number of aryl methyl sites for hydroxylation is 1. The molecule has 0 aliphatic rings. The second-order valence-electron chi connectivity index (χ2n) is 3.21. The van der Waals surface area contributed by atoms with Crippen molar-refractivity contribution in [2.24, 2.45) is 0 Å². The summed E-state index contributed by atoms with van der Waals surface area (Å²) in [5.41, 5.74) is 0.271. The van der Waals surface area contributed by atoms with Crippen LogP contribution in [0.5, 0.6) is 0 Å². The summed E-state index contributed by atoms with van der Waals surface area (Å²) in [6, 6.07) is 1.28. The highest BCUT2D eigenvalue weighted by atomic mass is 32.2. The molecule has 15 heavy (non-hydrogen) atoms. The van der Waals surface area contributed by atoms with Crippen LogP contribution in [0, 0.1) is 0 Å². The van der Waals surface area contributed by atoms with Gasteiger partial charge < -0.3 is 5.11 Å². The first-order valence-electron chi connectivity index (χ1n) is 4.31. The van der Waals surface area contributed by atoms with Gasteiger partial charge in [0.15, 0.2) is 15.5 Å². The number of aromatic nitrogens is 2. The zero-order valence-corrected chi connectivity index (χ0v) is 9.28. The lowest BCUT2D eigenvalue weighted by atomic mass is 10.4. The van der Waals surface area contributed by atoms with Gasteiger partial charge in [-0.1, -0.05) is 0 Å². The number of hydrogen-bond donors (Lipinski definition) is 1. The van der Waals surface area contributed by atoms with E-state index in [4.69, 9.17) is 5.11 Å². The van der Waals surface area contributed by atoms with E-state index in [1.165, 1.54) is 10.7 Å². The van der Waals surface area contributed by atoms with Gasteiger partial charge in [0.2, 0.25) is 0 Å². The van der Waals surface area contributed by atoms with E-state index in [9.17, 15) is 13.2 Å². The average molecular weight is 232 g/mol. The summed E-state index contributed by atoms with van der Waals surface area (Å²) in [6.07, 6.45) is 1.10. The third-order valence-electron chi connectivity index (χ3n) is 1.79. The van der Waals surface area contributed by atoms with Gasteiger partial charge in [-0.3, -0.25) is 4.68 Å². The fraction of sp³-hybridized carbons (Fsp3) is 0.500. The quantitative estimate of drug-likeness (QED) is 0.797. The molecule has 0 aromatic carbocycles. The van der Waals surface area contributed by atoms with Crippen LogP contribution in [0.1, 0.15) is 23.1 Å². The Bertz CT molecular complexity index is 475. The first kappa shape index (κ1) is 11.7. The summed E-state index contributed by atoms with van der Waals surface area (Å²) in [5.74, 6) is -1.35. The monoisotopic (exact) mass is 232 g/mol. The van der Waals surface area contributed by atoms with Crippen LogP contribution in [0.15, 0.2) is 6.07 Å². The van der Waals surface area contributed by atoms with E-state index >= 15 is 0 Å². The highest BCUT2D eigenvalue weighted by Gasteiger charge is 2.15. The fourth-order valence-electron chi connectivity index (χ4n) is 1.22. The van der Waals surface area contributed by atoms with Gasteiger partial charge in [0.1, 0.15) is 0 Å². The molecule has 7 heteroatoms. The molecule has 0 aliphatic carbocycles. The maximum absolute atomic E-state index is 11.1. The highest BCUT2D eigenvalue weighted by Crippen LogP contribution is 2.08. The van der Waals surface area contributed by atoms with E-state index in [1.54, 1.807) is 6.92 Å². The molecule has 0 fully saturated rings. The number of rotatable bonds is 4. The summed E-state index contributed by atoms with van der Waals surface area (Å²) in [4.78, 5) is 10.6. The topological polar surface area (TPSA) is 89.3 Å². The van der Waals surface area contributed by atoms with Crippen LogP contribution in [0.3, 0.4) is 0 Å². The smallest absolute Gasteiger partial charge is 0.356 e. The fourth-order valence-corrected chi connectivity index (χ4v) is 1.99. The lowest BCUT2D eigenvalue weighted by Crippen LogP contribution is -2.08. The second kappa shape index (κ2) is 4.01. The van der Waals surface area contributed by atoms with E-state index in [0.29, 0.717) is 12.2 Å². The SMILES string of the molecule is CCn1nc(C(=O)O)cc1CS(C)(=O)=O. The maximum Gasteiger partial charge on any atom is 0.356 e. The zero-order valence-electron chi connectivity index (χ0n) is 8.47. The Morgan fingerprint density at radius 3 is 2.60 bits per heavy atom. The molecule has 84 valence electrons. The van der Waals surface area contributed by atoms with Crippen molar-refractivity contribution in [3.05, 3.63) is 17.5 Å². The van der Waals surface area contributed by atoms with E-state index in [2.05, 4.69) is 5.10 Å². The Hall–Kier alpha value is -1.37. The number of sulfone groups is 1. The number of nitrogens with zero attached hydrogens (tertiary/aromatic N) is 2. The summed E-state index contributed by atoms with van der Waals surface area (Å²) >= 11 is 0. The van der Waals surface area contributed by atoms with Crippen LogP contribution in [-0.4, -0.2) is 35.5 Å². The number of carbonyl (C=O) groups is 1. The highest BCUT2D eigenvalue weighted by molar-refractivity contribution is 7.89. The first-order valence-corrected chi connectivity index (χ1v) is 6.37. The zero-order chi connectivity index (χ0) is 11.6. The molecule has 1 aromatic heterocycles. The van der Waals surface area contributed by atoms with Gasteiger partial charge in [-0.2, -0.15) is 5.10 Å². The Labute approximate surface area is 87.4 Å². The van der Waals surface area contributed by atoms with Crippen molar-refractivity contribution >= 4 is 15.8 Å². The van der Waals surface area contributed by atoms with Crippen LogP contribution in [-0.2, 0) is 22.1 Å². The normalized spacial score (nSPS) is 11.6. The summed E-state index contributed by atoms with van der Waals surface area (Å²) in [6.45, 7) is 2.21. The van der Waals surface area contributed by atoms with Crippen LogP contribution < -0.4 is 0 Å². The standard InChI is InChI=1S/C8H12N2O4S/c1-3-10-6(5-15(2,13)14)4-7(9-10)8(11)12/h4H,3,5H2,1-2H3,(H,11,12). The van der Waals surface area contributed by atoms with Crippen molar-refractivity contribution < 1.29 is 18.3 Å². The average Bonchev–Trinajstić information content (AvgIpc) is 2.44. The predicted molar refractivity (Wildman–Crippen MR) is 53.4 cm³/mol. The minimum absolute atomic E-state index is 0.129. The van der Waals surface area contributed by atoms with E-state index in [1.807, 2.05) is 0 Å². The van der Waals surface area contributed by atoms with Gasteiger partial charge in [0.25, 0.3) is 0 Å². The summed E-state index contributed by atoms with van der Waals surface area (Å²) in [7, 11) is -3.18. The van der Waals surface area contributed by atoms with Crippen LogP contribution in [0.2, 0.25) is 0 Å². The second-order valence-corrected chi connectivity index (χ2v) is 5.35. The molecule has 0 unspecified atom stereocenters. The van der Waals surface area contributed by atoms with Crippen LogP contribution >= 0.6 is 0 Å². The van der Waals surface area contributed by atoms with Crippen molar-refractivity contribution in [2.45, 2.75) is 19.2 Å². The predicted octanol–water partition coefficient (Wildman–Crippen LogP) is 0.146. The lowest BCUT2D eigenvalue weighted by molar-refractivity contribution is 0.0689. The Morgan fingerprint density at radius 2 is 2.20 bits per heavy atom. The van der Waals surface area contributed by atoms with Gasteiger partial charge in [0, 0.05) is 12.8 Å². The van der Waals surface area contributed by atoms with Crippen molar-refractivity contribution in [1.82, 2.24) is 9.78 Å². The molecular weight excluding hydrogens is 220 g/mol. The van der Waals surface area contributed by atoms with Crippen molar-refractivity contribution in [1.29, 1.82) is 0 Å². The van der Waals surface area contributed by atoms with E-state index in [0.717, 1.165) is 6.26 Å². The molecule has 1 aromatic rings. The molecule has 0 saturated carbocycles. The molecule has 1 rings (SSSR count). The minimum atomic E-state index is -3.18. The summed E-state index contributed by atoms with van der Waals surface area (Å²) in [5, 5.41) is 12.5. The van der Waals surface area contributed by atoms with Crippen molar-refractivity contribution in [3.8, 4) is 0 Å². The van der Waals surface area contributed by atoms with Crippen LogP contribution in [0.4, 0.5) is 0 Å². The van der Waals surface area contributed by atoms with E-state index in [-0.39, 0.29) is 11.4 Å². The maximum atomic E-state index is 11.1.